The molecule has 0 aromatic carbocycles. The molecule has 3 N–H and O–H groups in total. The maximum absolute atomic E-state index is 5.94. The molecule has 0 fully saturated rings. The highest BCUT2D eigenvalue weighted by Crippen LogP contribution is 2.20. The second kappa shape index (κ2) is 3.77. The third-order valence-corrected chi connectivity index (χ3v) is 2.23. The maximum Gasteiger partial charge on any atom is 0.137 e. The van der Waals surface area contributed by atoms with Crippen molar-refractivity contribution in [2.45, 2.75) is 6.04 Å². The quantitative estimate of drug-likeness (QED) is 0.766. The van der Waals surface area contributed by atoms with Crippen LogP contribution in [0.2, 0.25) is 0 Å². The van der Waals surface area contributed by atoms with Gasteiger partial charge in [0.2, 0.25) is 0 Å². The lowest BCUT2D eigenvalue weighted by atomic mass is 10.1. The molecule has 2 rings (SSSR count). The molecule has 0 saturated heterocycles. The Hall–Kier alpha value is -1.39. The number of fused-ring (bicyclic) bond motifs is 1. The Morgan fingerprint density at radius 3 is 3.29 bits per heavy atom. The van der Waals surface area contributed by atoms with E-state index >= 15 is 0 Å². The van der Waals surface area contributed by atoms with Crippen molar-refractivity contribution in [1.29, 1.82) is 0 Å². The lowest BCUT2D eigenvalue weighted by Crippen LogP contribution is -2.15. The summed E-state index contributed by atoms with van der Waals surface area (Å²) in [5.74, 6) is 0. The van der Waals surface area contributed by atoms with Gasteiger partial charge in [0.15, 0.2) is 0 Å². The summed E-state index contributed by atoms with van der Waals surface area (Å²) in [4.78, 5) is 7.27. The van der Waals surface area contributed by atoms with Gasteiger partial charge in [-0.1, -0.05) is 0 Å². The second-order valence-electron chi connectivity index (χ2n) is 3.21. The molecular weight excluding hydrogens is 178 g/mol. The molecule has 14 heavy (non-hydrogen) atoms. The standard InChI is InChI=1S/C10H13N3O/c1-14-6-9(11)8-5-13-10-7(8)3-2-4-12-10/h2-5,9H,6,11H2,1H3,(H,12,13)/t9-/m1/s1. The van der Waals surface area contributed by atoms with E-state index in [1.54, 1.807) is 13.3 Å². The Morgan fingerprint density at radius 2 is 2.50 bits per heavy atom. The summed E-state index contributed by atoms with van der Waals surface area (Å²) in [7, 11) is 1.65. The second-order valence-corrected chi connectivity index (χ2v) is 3.21. The van der Waals surface area contributed by atoms with Gasteiger partial charge >= 0.3 is 0 Å². The van der Waals surface area contributed by atoms with Crippen LogP contribution in [0.25, 0.3) is 11.0 Å². The smallest absolute Gasteiger partial charge is 0.137 e. The third-order valence-electron chi connectivity index (χ3n) is 2.23. The molecule has 0 radical (unpaired) electrons. The number of nitrogens with one attached hydrogen (secondary N) is 1. The lowest BCUT2D eigenvalue weighted by molar-refractivity contribution is 0.181. The largest absolute Gasteiger partial charge is 0.383 e. The van der Waals surface area contributed by atoms with Crippen LogP contribution in [0.15, 0.2) is 24.5 Å². The van der Waals surface area contributed by atoms with E-state index in [4.69, 9.17) is 10.5 Å². The number of aromatic amines is 1. The monoisotopic (exact) mass is 191 g/mol. The average Bonchev–Trinajstić information content (AvgIpc) is 2.61. The van der Waals surface area contributed by atoms with Crippen molar-refractivity contribution in [3.8, 4) is 0 Å². The van der Waals surface area contributed by atoms with Crippen LogP contribution in [0.4, 0.5) is 0 Å². The van der Waals surface area contributed by atoms with Crippen molar-refractivity contribution in [2.75, 3.05) is 13.7 Å². The molecule has 1 atom stereocenters. The predicted molar refractivity (Wildman–Crippen MR) is 54.9 cm³/mol. The van der Waals surface area contributed by atoms with Crippen LogP contribution in [0.1, 0.15) is 11.6 Å². The fourth-order valence-corrected chi connectivity index (χ4v) is 1.55. The number of pyridine rings is 1. The first-order chi connectivity index (χ1) is 6.83. The predicted octanol–water partition coefficient (Wildman–Crippen LogP) is 1.21. The zero-order valence-electron chi connectivity index (χ0n) is 8.03. The van der Waals surface area contributed by atoms with Gasteiger partial charge in [-0.2, -0.15) is 0 Å². The van der Waals surface area contributed by atoms with Gasteiger partial charge in [0.1, 0.15) is 5.65 Å². The van der Waals surface area contributed by atoms with E-state index in [2.05, 4.69) is 9.97 Å². The van der Waals surface area contributed by atoms with E-state index in [1.165, 1.54) is 0 Å². The summed E-state index contributed by atoms with van der Waals surface area (Å²) in [5, 5.41) is 1.07. The molecule has 4 nitrogen and oxygen atoms in total. The van der Waals surface area contributed by atoms with E-state index in [1.807, 2.05) is 18.3 Å². The van der Waals surface area contributed by atoms with Crippen molar-refractivity contribution in [3.63, 3.8) is 0 Å². The van der Waals surface area contributed by atoms with Crippen molar-refractivity contribution < 1.29 is 4.74 Å². The molecule has 0 unspecified atom stereocenters. The van der Waals surface area contributed by atoms with Gasteiger partial charge in [0, 0.05) is 24.9 Å². The van der Waals surface area contributed by atoms with Crippen LogP contribution in [0.3, 0.4) is 0 Å². The number of hydrogen-bond donors (Lipinski definition) is 2. The van der Waals surface area contributed by atoms with Gasteiger partial charge in [-0.05, 0) is 17.7 Å². The number of ether oxygens (including phenoxy) is 1. The van der Waals surface area contributed by atoms with Gasteiger partial charge in [-0.15, -0.1) is 0 Å². The van der Waals surface area contributed by atoms with Crippen molar-refractivity contribution >= 4 is 11.0 Å². The minimum absolute atomic E-state index is 0.0991. The molecule has 2 heterocycles. The Balaban J connectivity index is 2.42. The minimum Gasteiger partial charge on any atom is -0.383 e. The Morgan fingerprint density at radius 1 is 1.64 bits per heavy atom. The van der Waals surface area contributed by atoms with Gasteiger partial charge in [-0.25, -0.2) is 4.98 Å². The fraction of sp³-hybridized carbons (Fsp3) is 0.300. The van der Waals surface area contributed by atoms with E-state index in [9.17, 15) is 0 Å². The minimum atomic E-state index is -0.0991. The van der Waals surface area contributed by atoms with Crippen LogP contribution >= 0.6 is 0 Å². The summed E-state index contributed by atoms with van der Waals surface area (Å²) >= 11 is 0. The van der Waals surface area contributed by atoms with E-state index < -0.39 is 0 Å². The number of nitrogens with zero attached hydrogens (tertiary/aromatic N) is 1. The Kier molecular flexibility index (Phi) is 2.47. The highest BCUT2D eigenvalue weighted by atomic mass is 16.5. The van der Waals surface area contributed by atoms with Crippen LogP contribution in [-0.2, 0) is 4.74 Å². The van der Waals surface area contributed by atoms with E-state index in [-0.39, 0.29) is 6.04 Å². The average molecular weight is 191 g/mol. The number of aromatic nitrogens is 2. The van der Waals surface area contributed by atoms with E-state index in [0.717, 1.165) is 16.6 Å². The van der Waals surface area contributed by atoms with Crippen LogP contribution in [0, 0.1) is 0 Å². The number of methoxy groups -OCH3 is 1. The van der Waals surface area contributed by atoms with E-state index in [0.29, 0.717) is 6.61 Å². The number of rotatable bonds is 3. The summed E-state index contributed by atoms with van der Waals surface area (Å²) in [6.45, 7) is 0.516. The molecule has 4 heteroatoms. The highest BCUT2D eigenvalue weighted by Gasteiger charge is 2.11. The lowest BCUT2D eigenvalue weighted by Gasteiger charge is -2.08. The summed E-state index contributed by atoms with van der Waals surface area (Å²) in [6, 6.07) is 3.81. The SMILES string of the molecule is COC[C@@H](N)c1c[nH]c2ncccc12. The number of nitrogens with two attached hydrogens (primary N) is 1. The molecule has 0 aliphatic carbocycles. The first-order valence-corrected chi connectivity index (χ1v) is 4.49. The summed E-state index contributed by atoms with van der Waals surface area (Å²) < 4.78 is 5.02. The normalized spacial score (nSPS) is 13.3. The zero-order chi connectivity index (χ0) is 9.97. The molecule has 0 saturated carbocycles. The van der Waals surface area contributed by atoms with Crippen molar-refractivity contribution in [1.82, 2.24) is 9.97 Å². The molecule has 0 bridgehead atoms. The van der Waals surface area contributed by atoms with Crippen LogP contribution < -0.4 is 5.73 Å². The molecule has 0 aliphatic rings. The molecule has 2 aromatic heterocycles. The highest BCUT2D eigenvalue weighted by molar-refractivity contribution is 5.79. The van der Waals surface area contributed by atoms with Gasteiger partial charge in [-0.3, -0.25) is 0 Å². The van der Waals surface area contributed by atoms with Gasteiger partial charge < -0.3 is 15.5 Å². The first kappa shape index (κ1) is 9.18. The molecular formula is C10H13N3O. The van der Waals surface area contributed by atoms with Crippen LogP contribution in [0.5, 0.6) is 0 Å². The van der Waals surface area contributed by atoms with Crippen molar-refractivity contribution in [2.24, 2.45) is 5.73 Å². The first-order valence-electron chi connectivity index (χ1n) is 4.49. The molecule has 0 amide bonds. The van der Waals surface area contributed by atoms with Crippen molar-refractivity contribution in [3.05, 3.63) is 30.1 Å². The molecule has 0 aliphatic heterocycles. The zero-order valence-corrected chi connectivity index (χ0v) is 8.03. The van der Waals surface area contributed by atoms with Crippen LogP contribution in [-0.4, -0.2) is 23.7 Å². The Labute approximate surface area is 82.1 Å². The molecule has 0 spiro atoms. The van der Waals surface area contributed by atoms with Gasteiger partial charge in [0.25, 0.3) is 0 Å². The third kappa shape index (κ3) is 1.49. The number of hydrogen-bond acceptors (Lipinski definition) is 3. The summed E-state index contributed by atoms with van der Waals surface area (Å²) in [6.07, 6.45) is 3.64. The summed E-state index contributed by atoms with van der Waals surface area (Å²) in [5.41, 5.74) is 7.86. The maximum atomic E-state index is 5.94. The van der Waals surface area contributed by atoms with Gasteiger partial charge in [0.05, 0.1) is 12.6 Å². The topological polar surface area (TPSA) is 63.9 Å². The Bertz CT molecular complexity index is 424. The number of H-pyrrole nitrogens is 1. The molecule has 2 aromatic rings. The molecule has 74 valence electrons. The fourth-order valence-electron chi connectivity index (χ4n) is 1.55.